The van der Waals surface area contributed by atoms with Crippen molar-refractivity contribution in [1.82, 2.24) is 4.90 Å². The quantitative estimate of drug-likeness (QED) is 0.547. The van der Waals surface area contributed by atoms with Crippen LogP contribution in [0.4, 0.5) is 0 Å². The molecule has 0 bridgehead atoms. The van der Waals surface area contributed by atoms with Crippen molar-refractivity contribution in [1.29, 1.82) is 0 Å². The fraction of sp³-hybridized carbons (Fsp3) is 1.00. The molecule has 1 nitrogen and oxygen atoms in total. The Hall–Kier alpha value is 0.690. The topological polar surface area (TPSA) is 3.24 Å². The van der Waals surface area contributed by atoms with Gasteiger partial charge < -0.3 is 4.90 Å². The van der Waals surface area contributed by atoms with Gasteiger partial charge in [-0.3, -0.25) is 0 Å². The zero-order valence-electron chi connectivity index (χ0n) is 7.15. The van der Waals surface area contributed by atoms with Gasteiger partial charge in [-0.25, -0.2) is 0 Å². The van der Waals surface area contributed by atoms with E-state index in [0.717, 1.165) is 5.92 Å². The molecule has 1 aliphatic carbocycles. The van der Waals surface area contributed by atoms with Crippen LogP contribution in [0.1, 0.15) is 26.2 Å². The van der Waals surface area contributed by atoms with Crippen molar-refractivity contribution in [3.8, 4) is 0 Å². The van der Waals surface area contributed by atoms with Crippen molar-refractivity contribution in [2.45, 2.75) is 29.6 Å². The SMILES string of the molecule is CC1(I)CCN(CC2CC2)C1. The Labute approximate surface area is 82.7 Å². The van der Waals surface area contributed by atoms with Gasteiger partial charge in [-0.05, 0) is 38.6 Å². The molecular formula is C9H16IN. The van der Waals surface area contributed by atoms with Crippen molar-refractivity contribution in [3.05, 3.63) is 0 Å². The van der Waals surface area contributed by atoms with E-state index in [0.29, 0.717) is 3.42 Å². The van der Waals surface area contributed by atoms with Crippen LogP contribution < -0.4 is 0 Å². The monoisotopic (exact) mass is 265 g/mol. The Kier molecular flexibility index (Phi) is 2.17. The minimum absolute atomic E-state index is 0.576. The van der Waals surface area contributed by atoms with Crippen molar-refractivity contribution in [2.24, 2.45) is 5.92 Å². The van der Waals surface area contributed by atoms with E-state index in [-0.39, 0.29) is 0 Å². The Morgan fingerprint density at radius 3 is 2.73 bits per heavy atom. The van der Waals surface area contributed by atoms with Crippen molar-refractivity contribution >= 4 is 22.6 Å². The number of likely N-dealkylation sites (tertiary alicyclic amines) is 1. The van der Waals surface area contributed by atoms with E-state index >= 15 is 0 Å². The van der Waals surface area contributed by atoms with Crippen LogP contribution >= 0.6 is 22.6 Å². The van der Waals surface area contributed by atoms with E-state index in [1.54, 1.807) is 0 Å². The standard InChI is InChI=1S/C9H16IN/c1-9(10)4-5-11(7-9)6-8-2-3-8/h8H,2-7H2,1H3. The molecule has 1 heterocycles. The molecule has 1 saturated carbocycles. The molecule has 0 spiro atoms. The average Bonchev–Trinajstić information content (AvgIpc) is 2.61. The highest BCUT2D eigenvalue weighted by Gasteiger charge is 2.33. The first-order valence-electron chi connectivity index (χ1n) is 4.57. The predicted molar refractivity (Wildman–Crippen MR) is 56.2 cm³/mol. The van der Waals surface area contributed by atoms with E-state index in [1.807, 2.05) is 0 Å². The lowest BCUT2D eigenvalue weighted by Gasteiger charge is -2.17. The first kappa shape index (κ1) is 8.30. The summed E-state index contributed by atoms with van der Waals surface area (Å²) in [6, 6.07) is 0. The van der Waals surface area contributed by atoms with E-state index in [4.69, 9.17) is 0 Å². The molecule has 11 heavy (non-hydrogen) atoms. The summed E-state index contributed by atoms with van der Waals surface area (Å²) in [6.45, 7) is 6.43. The van der Waals surface area contributed by atoms with Gasteiger partial charge in [0.1, 0.15) is 0 Å². The van der Waals surface area contributed by atoms with Gasteiger partial charge in [0, 0.05) is 16.5 Å². The summed E-state index contributed by atoms with van der Waals surface area (Å²) in [5.41, 5.74) is 0. The predicted octanol–water partition coefficient (Wildman–Crippen LogP) is 2.30. The lowest BCUT2D eigenvalue weighted by Crippen LogP contribution is -2.26. The highest BCUT2D eigenvalue weighted by Crippen LogP contribution is 2.35. The van der Waals surface area contributed by atoms with E-state index in [1.165, 1.54) is 38.9 Å². The number of rotatable bonds is 2. The normalized spacial score (nSPS) is 39.8. The molecule has 0 aromatic rings. The summed E-state index contributed by atoms with van der Waals surface area (Å²) in [5, 5.41) is 0. The molecule has 2 fully saturated rings. The smallest absolute Gasteiger partial charge is 0.0333 e. The molecular weight excluding hydrogens is 249 g/mol. The summed E-state index contributed by atoms with van der Waals surface area (Å²) in [7, 11) is 0. The van der Waals surface area contributed by atoms with Crippen LogP contribution in [0.3, 0.4) is 0 Å². The van der Waals surface area contributed by atoms with Gasteiger partial charge in [-0.2, -0.15) is 0 Å². The molecule has 0 N–H and O–H groups in total. The van der Waals surface area contributed by atoms with Gasteiger partial charge in [0.25, 0.3) is 0 Å². The molecule has 2 aliphatic rings. The maximum atomic E-state index is 2.64. The van der Waals surface area contributed by atoms with E-state index < -0.39 is 0 Å². The third-order valence-corrected chi connectivity index (χ3v) is 3.60. The maximum absolute atomic E-state index is 2.64. The zero-order chi connectivity index (χ0) is 7.90. The maximum Gasteiger partial charge on any atom is 0.0333 e. The second-order valence-corrected chi connectivity index (χ2v) is 6.95. The van der Waals surface area contributed by atoms with Crippen LogP contribution in [0.2, 0.25) is 0 Å². The second kappa shape index (κ2) is 2.87. The van der Waals surface area contributed by atoms with Crippen LogP contribution in [0.5, 0.6) is 0 Å². The molecule has 64 valence electrons. The minimum Gasteiger partial charge on any atom is -0.302 e. The molecule has 0 aromatic carbocycles. The molecule has 1 saturated heterocycles. The molecule has 0 aromatic heterocycles. The molecule has 0 radical (unpaired) electrons. The van der Waals surface area contributed by atoms with Crippen LogP contribution in [0.25, 0.3) is 0 Å². The van der Waals surface area contributed by atoms with Gasteiger partial charge in [0.05, 0.1) is 0 Å². The van der Waals surface area contributed by atoms with Crippen molar-refractivity contribution < 1.29 is 0 Å². The molecule has 2 rings (SSSR count). The largest absolute Gasteiger partial charge is 0.302 e. The Morgan fingerprint density at radius 1 is 1.55 bits per heavy atom. The van der Waals surface area contributed by atoms with Crippen molar-refractivity contribution in [3.63, 3.8) is 0 Å². The van der Waals surface area contributed by atoms with Gasteiger partial charge in [0.2, 0.25) is 0 Å². The summed E-state index contributed by atoms with van der Waals surface area (Å²) in [6.07, 6.45) is 4.38. The average molecular weight is 265 g/mol. The van der Waals surface area contributed by atoms with E-state index in [9.17, 15) is 0 Å². The highest BCUT2D eigenvalue weighted by molar-refractivity contribution is 14.1. The lowest BCUT2D eigenvalue weighted by molar-refractivity contribution is 0.320. The van der Waals surface area contributed by atoms with Gasteiger partial charge >= 0.3 is 0 Å². The number of hydrogen-bond acceptors (Lipinski definition) is 1. The van der Waals surface area contributed by atoms with Gasteiger partial charge in [0.15, 0.2) is 0 Å². The Morgan fingerprint density at radius 2 is 2.27 bits per heavy atom. The first-order chi connectivity index (χ1) is 5.16. The highest BCUT2D eigenvalue weighted by atomic mass is 127. The molecule has 1 aliphatic heterocycles. The third kappa shape index (κ3) is 2.31. The summed E-state index contributed by atoms with van der Waals surface area (Å²) < 4.78 is 0.576. The Balaban J connectivity index is 1.79. The van der Waals surface area contributed by atoms with Crippen LogP contribution in [-0.2, 0) is 0 Å². The van der Waals surface area contributed by atoms with Gasteiger partial charge in [-0.15, -0.1) is 0 Å². The lowest BCUT2D eigenvalue weighted by atomic mass is 10.2. The summed E-state index contributed by atoms with van der Waals surface area (Å²) in [5.74, 6) is 1.07. The van der Waals surface area contributed by atoms with E-state index in [2.05, 4.69) is 34.4 Å². The fourth-order valence-corrected chi connectivity index (χ4v) is 2.56. The van der Waals surface area contributed by atoms with Crippen LogP contribution in [-0.4, -0.2) is 28.0 Å². The number of alkyl halides is 1. The molecule has 2 heteroatoms. The van der Waals surface area contributed by atoms with Crippen LogP contribution in [0, 0.1) is 5.92 Å². The number of hydrogen-bond donors (Lipinski definition) is 0. The number of halogens is 1. The second-order valence-electron chi connectivity index (χ2n) is 4.34. The first-order valence-corrected chi connectivity index (χ1v) is 5.65. The molecule has 1 atom stereocenters. The van der Waals surface area contributed by atoms with Gasteiger partial charge in [-0.1, -0.05) is 22.6 Å². The molecule has 0 amide bonds. The summed E-state index contributed by atoms with van der Waals surface area (Å²) in [4.78, 5) is 2.64. The number of nitrogens with zero attached hydrogens (tertiary/aromatic N) is 1. The fourth-order valence-electron chi connectivity index (χ4n) is 1.84. The molecule has 1 unspecified atom stereocenters. The zero-order valence-corrected chi connectivity index (χ0v) is 9.30. The third-order valence-electron chi connectivity index (χ3n) is 2.72. The summed E-state index contributed by atoms with van der Waals surface area (Å²) >= 11 is 2.61. The van der Waals surface area contributed by atoms with Crippen molar-refractivity contribution in [2.75, 3.05) is 19.6 Å². The Bertz CT molecular complexity index is 152. The minimum atomic E-state index is 0.576. The van der Waals surface area contributed by atoms with Crippen LogP contribution in [0.15, 0.2) is 0 Å².